The van der Waals surface area contributed by atoms with Gasteiger partial charge < -0.3 is 16.4 Å². The van der Waals surface area contributed by atoms with Crippen LogP contribution in [0.3, 0.4) is 0 Å². The minimum Gasteiger partial charge on any atom is -0.369 e. The second-order valence-electron chi connectivity index (χ2n) is 10.0. The van der Waals surface area contributed by atoms with Gasteiger partial charge in [0.1, 0.15) is 11.3 Å². The number of amides is 1. The highest BCUT2D eigenvalue weighted by atomic mass is 35.5. The summed E-state index contributed by atoms with van der Waals surface area (Å²) < 4.78 is 43.2. The molecule has 2 aliphatic rings. The number of fused-ring (bicyclic) bond motifs is 1. The molecule has 2 fully saturated rings. The molecule has 1 aromatic carbocycles. The van der Waals surface area contributed by atoms with E-state index in [4.69, 9.17) is 22.6 Å². The lowest BCUT2D eigenvalue weighted by Gasteiger charge is -2.36. The van der Waals surface area contributed by atoms with Crippen molar-refractivity contribution >= 4 is 46.3 Å². The number of carbonyl (C=O) groups excluding carboxylic acids is 1. The number of hydrogen-bond acceptors (Lipinski definition) is 7. The van der Waals surface area contributed by atoms with E-state index in [-0.39, 0.29) is 53.0 Å². The third kappa shape index (κ3) is 4.75. The zero-order valence-electron chi connectivity index (χ0n) is 19.9. The summed E-state index contributed by atoms with van der Waals surface area (Å²) in [5.41, 5.74) is 5.82. The first-order valence-corrected chi connectivity index (χ1v) is 12.2. The van der Waals surface area contributed by atoms with E-state index in [0.717, 1.165) is 6.07 Å². The van der Waals surface area contributed by atoms with Crippen molar-refractivity contribution in [3.05, 3.63) is 34.7 Å². The van der Waals surface area contributed by atoms with Crippen molar-refractivity contribution in [2.75, 3.05) is 10.6 Å². The van der Waals surface area contributed by atoms with Gasteiger partial charge in [-0.15, -0.1) is 0 Å². The van der Waals surface area contributed by atoms with Crippen molar-refractivity contribution < 1.29 is 18.0 Å². The number of nitrogens with zero attached hydrogens (tertiary/aromatic N) is 5. The Morgan fingerprint density at radius 1 is 1.27 bits per heavy atom. The third-order valence-electron chi connectivity index (χ3n) is 7.28. The predicted molar refractivity (Wildman–Crippen MR) is 131 cm³/mol. The third-order valence-corrected chi connectivity index (χ3v) is 7.58. The van der Waals surface area contributed by atoms with Gasteiger partial charge in [-0.2, -0.15) is 10.2 Å². The fraction of sp³-hybridized carbons (Fsp3) is 0.458. The van der Waals surface area contributed by atoms with Gasteiger partial charge in [-0.1, -0.05) is 18.5 Å². The number of carbonyl (C=O) groups is 1. The fourth-order valence-corrected chi connectivity index (χ4v) is 5.21. The fourth-order valence-electron chi connectivity index (χ4n) is 4.95. The number of anilines is 3. The summed E-state index contributed by atoms with van der Waals surface area (Å²) >= 11 is 6.26. The van der Waals surface area contributed by atoms with Crippen LogP contribution in [-0.4, -0.2) is 37.4 Å². The van der Waals surface area contributed by atoms with E-state index in [1.165, 1.54) is 12.3 Å². The number of imidazole rings is 1. The Morgan fingerprint density at radius 2 is 1.97 bits per heavy atom. The van der Waals surface area contributed by atoms with Crippen LogP contribution in [0.2, 0.25) is 5.02 Å². The number of alkyl halides is 2. The van der Waals surface area contributed by atoms with E-state index in [1.807, 2.05) is 13.0 Å². The standard InChI is InChI=1S/C24H24ClF3N8O/c1-23(20(30)37)4-2-14(3-5-23)36-19-17(11-31-21(35-19)32-13-8-24(27,28)9-13)33-22(36)34-18-15(25)6-12(10-29)7-16(18)26/h6-7,11,13-14H,2-5,8-9H2,1H3,(H2,30,37)(H,33,34)(H,31,32,35). The van der Waals surface area contributed by atoms with Crippen LogP contribution >= 0.6 is 11.6 Å². The summed E-state index contributed by atoms with van der Waals surface area (Å²) in [5, 5.41) is 15.0. The molecule has 0 aliphatic heterocycles. The topological polar surface area (TPSA) is 135 Å². The van der Waals surface area contributed by atoms with Gasteiger partial charge >= 0.3 is 0 Å². The second-order valence-corrected chi connectivity index (χ2v) is 10.4. The van der Waals surface area contributed by atoms with E-state index >= 15 is 0 Å². The molecule has 2 saturated carbocycles. The van der Waals surface area contributed by atoms with E-state index in [1.54, 1.807) is 4.57 Å². The van der Waals surface area contributed by atoms with Crippen LogP contribution < -0.4 is 16.4 Å². The van der Waals surface area contributed by atoms with E-state index < -0.39 is 23.2 Å². The molecule has 0 atom stereocenters. The molecule has 13 heteroatoms. The van der Waals surface area contributed by atoms with Gasteiger partial charge in [-0.05, 0) is 37.8 Å². The van der Waals surface area contributed by atoms with Crippen molar-refractivity contribution in [1.29, 1.82) is 5.26 Å². The van der Waals surface area contributed by atoms with Gasteiger partial charge in [0.25, 0.3) is 5.92 Å². The molecule has 0 radical (unpaired) electrons. The average molecular weight is 533 g/mol. The van der Waals surface area contributed by atoms with Gasteiger partial charge in [-0.25, -0.2) is 23.1 Å². The number of nitriles is 1. The van der Waals surface area contributed by atoms with E-state index in [9.17, 15) is 18.0 Å². The van der Waals surface area contributed by atoms with Gasteiger partial charge in [0.2, 0.25) is 17.8 Å². The summed E-state index contributed by atoms with van der Waals surface area (Å²) in [6.07, 6.45) is 3.08. The van der Waals surface area contributed by atoms with Crippen molar-refractivity contribution in [2.45, 2.75) is 63.5 Å². The molecule has 2 aliphatic carbocycles. The van der Waals surface area contributed by atoms with Crippen molar-refractivity contribution in [1.82, 2.24) is 19.5 Å². The normalized spacial score (nSPS) is 23.3. The molecule has 1 amide bonds. The summed E-state index contributed by atoms with van der Waals surface area (Å²) in [6.45, 7) is 1.83. The van der Waals surface area contributed by atoms with Crippen LogP contribution in [-0.2, 0) is 4.79 Å². The molecular weight excluding hydrogens is 509 g/mol. The van der Waals surface area contributed by atoms with E-state index in [2.05, 4.69) is 25.6 Å². The first kappa shape index (κ1) is 25.1. The highest BCUT2D eigenvalue weighted by Crippen LogP contribution is 2.43. The summed E-state index contributed by atoms with van der Waals surface area (Å²) in [7, 11) is 0. The largest absolute Gasteiger partial charge is 0.369 e. The molecule has 2 aromatic heterocycles. The Bertz CT molecular complexity index is 1400. The van der Waals surface area contributed by atoms with Gasteiger partial charge in [0.05, 0.1) is 28.5 Å². The van der Waals surface area contributed by atoms with Crippen LogP contribution in [0.15, 0.2) is 18.3 Å². The van der Waals surface area contributed by atoms with Crippen LogP contribution in [0.4, 0.5) is 30.8 Å². The number of nitrogens with two attached hydrogens (primary N) is 1. The minimum atomic E-state index is -2.69. The number of primary amides is 1. The Morgan fingerprint density at radius 3 is 2.57 bits per heavy atom. The molecule has 37 heavy (non-hydrogen) atoms. The highest BCUT2D eigenvalue weighted by molar-refractivity contribution is 6.33. The zero-order valence-corrected chi connectivity index (χ0v) is 20.6. The maximum Gasteiger partial charge on any atom is 0.252 e. The highest BCUT2D eigenvalue weighted by Gasteiger charge is 2.45. The van der Waals surface area contributed by atoms with Gasteiger partial charge in [-0.3, -0.25) is 9.36 Å². The van der Waals surface area contributed by atoms with Gasteiger partial charge in [0, 0.05) is 30.3 Å². The first-order chi connectivity index (χ1) is 17.5. The molecule has 3 aromatic rings. The zero-order chi connectivity index (χ0) is 26.5. The van der Waals surface area contributed by atoms with Crippen molar-refractivity contribution in [2.24, 2.45) is 11.1 Å². The Hall–Kier alpha value is -3.59. The van der Waals surface area contributed by atoms with Crippen molar-refractivity contribution in [3.8, 4) is 6.07 Å². The smallest absolute Gasteiger partial charge is 0.252 e. The Balaban J connectivity index is 1.53. The molecule has 194 valence electrons. The molecule has 4 N–H and O–H groups in total. The quantitative estimate of drug-likeness (QED) is 0.404. The van der Waals surface area contributed by atoms with Crippen LogP contribution in [0.5, 0.6) is 0 Å². The molecule has 0 unspecified atom stereocenters. The summed E-state index contributed by atoms with van der Waals surface area (Å²) in [4.78, 5) is 25.3. The minimum absolute atomic E-state index is 0.000504. The number of benzene rings is 1. The van der Waals surface area contributed by atoms with Gasteiger partial charge in [0.15, 0.2) is 5.65 Å². The van der Waals surface area contributed by atoms with E-state index in [0.29, 0.717) is 36.8 Å². The number of rotatable bonds is 6. The number of nitrogens with one attached hydrogen (secondary N) is 2. The monoisotopic (exact) mass is 532 g/mol. The van der Waals surface area contributed by atoms with Crippen LogP contribution in [0.25, 0.3) is 11.2 Å². The number of hydrogen-bond donors (Lipinski definition) is 3. The van der Waals surface area contributed by atoms with Crippen LogP contribution in [0.1, 0.15) is 57.1 Å². The summed E-state index contributed by atoms with van der Waals surface area (Å²) in [6, 6.07) is 3.65. The average Bonchev–Trinajstić information content (AvgIpc) is 3.17. The number of halogens is 4. The van der Waals surface area contributed by atoms with Crippen molar-refractivity contribution in [3.63, 3.8) is 0 Å². The summed E-state index contributed by atoms with van der Waals surface area (Å²) in [5.74, 6) is -3.36. The lowest BCUT2D eigenvalue weighted by molar-refractivity contribution is -0.128. The molecule has 5 rings (SSSR count). The Labute approximate surface area is 215 Å². The molecular formula is C24H24ClF3N8O. The lowest BCUT2D eigenvalue weighted by Crippen LogP contribution is -2.44. The molecule has 9 nitrogen and oxygen atoms in total. The SMILES string of the molecule is CC1(C(N)=O)CCC(n2c(Nc3c(F)cc(C#N)cc3Cl)nc3cnc(NC4CC(F)(F)C4)nc32)CC1. The second kappa shape index (κ2) is 9.06. The maximum atomic E-state index is 14.8. The molecule has 0 spiro atoms. The molecule has 0 bridgehead atoms. The molecule has 0 saturated heterocycles. The lowest BCUT2D eigenvalue weighted by atomic mass is 9.73. The maximum absolute atomic E-state index is 14.8. The number of aromatic nitrogens is 4. The molecule has 2 heterocycles. The van der Waals surface area contributed by atoms with Crippen LogP contribution in [0, 0.1) is 22.6 Å². The Kier molecular flexibility index (Phi) is 6.14. The predicted octanol–water partition coefficient (Wildman–Crippen LogP) is 5.05. The first-order valence-electron chi connectivity index (χ1n) is 11.8.